The van der Waals surface area contributed by atoms with Gasteiger partial charge in [-0.15, -0.1) is 11.8 Å². The molecule has 0 heterocycles. The molecule has 2 nitrogen and oxygen atoms in total. The minimum absolute atomic E-state index is 0.233. The molecule has 1 aromatic rings. The lowest BCUT2D eigenvalue weighted by Gasteiger charge is -2.41. The Hall–Kier alpha value is -0.670. The molecule has 1 aromatic carbocycles. The molecule has 1 unspecified atom stereocenters. The molecule has 0 fully saturated rings. The van der Waals surface area contributed by atoms with Crippen molar-refractivity contribution in [3.05, 3.63) is 17.7 Å². The first-order chi connectivity index (χ1) is 8.78. The maximum Gasteiger partial charge on any atom is 0.311 e. The Kier molecular flexibility index (Phi) is 4.06. The smallest absolute Gasteiger partial charge is 0.311 e. The largest absolute Gasteiger partial charge is 0.496 e. The van der Waals surface area contributed by atoms with Crippen molar-refractivity contribution in [2.24, 2.45) is 5.73 Å². The number of nitrogens with two attached hydrogens (primary N) is 1. The molecule has 9 heteroatoms. The third kappa shape index (κ3) is 4.16. The summed E-state index contributed by atoms with van der Waals surface area (Å²) >= 11 is 0.613. The molecular weight excluding hydrogens is 321 g/mol. The Morgan fingerprint density at radius 2 is 1.80 bits per heavy atom. The number of methoxy groups -OCH3 is 1. The molecule has 0 radical (unpaired) electrons. The van der Waals surface area contributed by atoms with Gasteiger partial charge in [0.2, 0.25) is 0 Å². The highest BCUT2D eigenvalue weighted by Gasteiger charge is 2.66. The maximum absolute atomic E-state index is 13.0. The van der Waals surface area contributed by atoms with Crippen LogP contribution in [0.1, 0.15) is 12.5 Å². The van der Waals surface area contributed by atoms with Crippen molar-refractivity contribution in [3.8, 4) is 5.75 Å². The third-order valence-corrected chi connectivity index (χ3v) is 4.60. The van der Waals surface area contributed by atoms with Crippen molar-refractivity contribution in [2.75, 3.05) is 13.4 Å². The van der Waals surface area contributed by atoms with E-state index >= 15 is 0 Å². The molecule has 0 bridgehead atoms. The van der Waals surface area contributed by atoms with E-state index in [1.165, 1.54) is 6.26 Å². The van der Waals surface area contributed by atoms with Crippen LogP contribution in [0.4, 0.5) is 19.4 Å². The van der Waals surface area contributed by atoms with E-state index in [9.17, 15) is 19.4 Å². The van der Waals surface area contributed by atoms with Crippen molar-refractivity contribution in [2.45, 2.75) is 29.2 Å². The molecule has 0 amide bonds. The molecule has 0 aliphatic carbocycles. The number of hydrogen-bond acceptors (Lipinski definition) is 3. The summed E-state index contributed by atoms with van der Waals surface area (Å²) in [7, 11) is -8.62. The molecule has 0 aromatic heterocycles. The van der Waals surface area contributed by atoms with Crippen molar-refractivity contribution in [1.82, 2.24) is 0 Å². The number of benzene rings is 1. The van der Waals surface area contributed by atoms with Gasteiger partial charge in [0, 0.05) is 17.0 Å². The van der Waals surface area contributed by atoms with E-state index in [4.69, 9.17) is 10.5 Å². The summed E-state index contributed by atoms with van der Waals surface area (Å²) in [5.41, 5.74) is 5.96. The van der Waals surface area contributed by atoms with Gasteiger partial charge in [-0.3, -0.25) is 0 Å². The lowest BCUT2D eigenvalue weighted by molar-refractivity contribution is 0.357. The molecular formula is C11H16F5NOS2. The van der Waals surface area contributed by atoms with Gasteiger partial charge in [0.25, 0.3) is 0 Å². The predicted octanol–water partition coefficient (Wildman–Crippen LogP) is 4.96. The lowest BCUT2D eigenvalue weighted by Crippen LogP contribution is -2.18. The van der Waals surface area contributed by atoms with E-state index in [0.29, 0.717) is 23.4 Å². The number of hydrogen-bond donors (Lipinski definition) is 1. The van der Waals surface area contributed by atoms with Crippen molar-refractivity contribution in [3.63, 3.8) is 0 Å². The monoisotopic (exact) mass is 337 g/mol. The number of ether oxygens (including phenoxy) is 1. The van der Waals surface area contributed by atoms with Crippen LogP contribution in [0, 0.1) is 0 Å². The summed E-state index contributed by atoms with van der Waals surface area (Å²) in [5.74, 6) is -0.233. The molecule has 2 N–H and O–H groups in total. The average Bonchev–Trinajstić information content (AvgIpc) is 2.24. The van der Waals surface area contributed by atoms with Crippen LogP contribution < -0.4 is 10.5 Å². The highest BCUT2D eigenvalue weighted by molar-refractivity contribution is 8.45. The van der Waals surface area contributed by atoms with Crippen molar-refractivity contribution >= 4 is 22.0 Å². The molecule has 0 saturated carbocycles. The Morgan fingerprint density at radius 3 is 2.15 bits per heavy atom. The van der Waals surface area contributed by atoms with Gasteiger partial charge in [-0.25, -0.2) is 0 Å². The van der Waals surface area contributed by atoms with Gasteiger partial charge >= 0.3 is 10.2 Å². The summed E-state index contributed by atoms with van der Waals surface area (Å²) in [6.45, 7) is 1.66. The molecule has 1 atom stereocenters. The maximum atomic E-state index is 13.0. The molecule has 20 heavy (non-hydrogen) atoms. The first-order valence-electron chi connectivity index (χ1n) is 5.53. The topological polar surface area (TPSA) is 35.2 Å². The second-order valence-corrected chi connectivity index (χ2v) is 7.69. The first kappa shape index (κ1) is 17.4. The van der Waals surface area contributed by atoms with Crippen LogP contribution in [-0.2, 0) is 6.42 Å². The van der Waals surface area contributed by atoms with Gasteiger partial charge in [0.05, 0.1) is 7.11 Å². The van der Waals surface area contributed by atoms with Crippen molar-refractivity contribution < 1.29 is 24.2 Å². The fourth-order valence-electron chi connectivity index (χ4n) is 1.74. The standard InChI is InChI=1S/C11H16F5NOS2/c1-7(17)4-8-5-10(19-3)11(6-9(8)18-2)20(12,13,14,15)16/h5-7H,4,17H2,1-3H3. The number of rotatable bonds is 5. The van der Waals surface area contributed by atoms with Crippen molar-refractivity contribution in [1.29, 1.82) is 0 Å². The van der Waals surface area contributed by atoms with Gasteiger partial charge in [-0.05, 0) is 31.2 Å². The minimum Gasteiger partial charge on any atom is -0.496 e. The molecule has 0 aliphatic heterocycles. The molecule has 1 rings (SSSR count). The quantitative estimate of drug-likeness (QED) is 0.609. The average molecular weight is 337 g/mol. The Balaban J connectivity index is 3.58. The van der Waals surface area contributed by atoms with E-state index in [1.54, 1.807) is 6.92 Å². The normalized spacial score (nSPS) is 17.2. The summed E-state index contributed by atoms with van der Waals surface area (Å²) < 4.78 is 69.9. The van der Waals surface area contributed by atoms with E-state index in [-0.39, 0.29) is 18.2 Å². The van der Waals surface area contributed by atoms with Gasteiger partial charge in [-0.1, -0.05) is 19.4 Å². The van der Waals surface area contributed by atoms with Crippen LogP contribution in [-0.4, -0.2) is 19.4 Å². The summed E-state index contributed by atoms with van der Waals surface area (Å²) in [5, 5.41) is 0. The zero-order valence-electron chi connectivity index (χ0n) is 11.1. The number of halogens is 5. The zero-order chi connectivity index (χ0) is 15.8. The fourth-order valence-corrected chi connectivity index (χ4v) is 3.75. The zero-order valence-corrected chi connectivity index (χ0v) is 12.8. The van der Waals surface area contributed by atoms with E-state index in [1.807, 2.05) is 0 Å². The minimum atomic E-state index is -9.76. The molecule has 0 saturated heterocycles. The van der Waals surface area contributed by atoms with Gasteiger partial charge in [0.15, 0.2) is 0 Å². The van der Waals surface area contributed by atoms with Crippen LogP contribution in [0.25, 0.3) is 0 Å². The lowest BCUT2D eigenvalue weighted by atomic mass is 10.1. The van der Waals surface area contributed by atoms with Crippen LogP contribution in [0.15, 0.2) is 21.9 Å². The predicted molar refractivity (Wildman–Crippen MR) is 73.5 cm³/mol. The summed E-state index contributed by atoms with van der Waals surface area (Å²) in [4.78, 5) is -2.44. The highest BCUT2D eigenvalue weighted by Crippen LogP contribution is 3.02. The molecule has 0 spiro atoms. The van der Waals surface area contributed by atoms with E-state index in [2.05, 4.69) is 0 Å². The van der Waals surface area contributed by atoms with Crippen LogP contribution in [0.2, 0.25) is 0 Å². The molecule has 0 aliphatic rings. The highest BCUT2D eigenvalue weighted by atomic mass is 32.5. The Labute approximate surface area is 118 Å². The van der Waals surface area contributed by atoms with Crippen LogP contribution >= 0.6 is 22.0 Å². The fraction of sp³-hybridized carbons (Fsp3) is 0.455. The van der Waals surface area contributed by atoms with Crippen LogP contribution in [0.5, 0.6) is 5.75 Å². The van der Waals surface area contributed by atoms with Gasteiger partial charge in [0.1, 0.15) is 10.6 Å². The Morgan fingerprint density at radius 1 is 1.25 bits per heavy atom. The van der Waals surface area contributed by atoms with Crippen LogP contribution in [0.3, 0.4) is 0 Å². The van der Waals surface area contributed by atoms with E-state index < -0.39 is 20.0 Å². The van der Waals surface area contributed by atoms with Gasteiger partial charge < -0.3 is 10.5 Å². The second-order valence-electron chi connectivity index (χ2n) is 4.47. The van der Waals surface area contributed by atoms with E-state index in [0.717, 1.165) is 13.2 Å². The summed E-state index contributed by atoms with van der Waals surface area (Å²) in [6, 6.07) is 1.11. The van der Waals surface area contributed by atoms with Gasteiger partial charge in [-0.2, -0.15) is 0 Å². The first-order valence-corrected chi connectivity index (χ1v) is 8.70. The third-order valence-electron chi connectivity index (χ3n) is 2.52. The number of thioether (sulfide) groups is 1. The second kappa shape index (κ2) is 4.67. The Bertz CT molecular complexity index is 515. The SMILES string of the molecule is COc1cc(S(F)(F)(F)(F)F)c(SC)cc1CC(C)N. The summed E-state index contributed by atoms with van der Waals surface area (Å²) in [6.07, 6.45) is 1.54. The molecule has 118 valence electrons.